The largest absolute Gasteiger partial charge is 0.480 e. The zero-order valence-electron chi connectivity index (χ0n) is 12.3. The Kier molecular flexibility index (Phi) is 3.87. The number of aryl methyl sites for hydroxylation is 1. The zero-order valence-corrected chi connectivity index (χ0v) is 13.2. The van der Waals surface area contributed by atoms with Crippen LogP contribution in [0.5, 0.6) is 0 Å². The molecule has 2 heterocycles. The Hall–Kier alpha value is -1.95. The molecule has 5 nitrogen and oxygen atoms in total. The van der Waals surface area contributed by atoms with Gasteiger partial charge in [-0.05, 0) is 30.4 Å². The third-order valence-corrected chi connectivity index (χ3v) is 5.24. The number of amides is 1. The van der Waals surface area contributed by atoms with E-state index in [4.69, 9.17) is 0 Å². The molecule has 1 fully saturated rings. The Morgan fingerprint density at radius 3 is 2.64 bits per heavy atom. The smallest absolute Gasteiger partial charge is 0.329 e. The van der Waals surface area contributed by atoms with Crippen LogP contribution in [0.1, 0.15) is 23.2 Å². The lowest BCUT2D eigenvalue weighted by molar-refractivity contribution is -0.144. The van der Waals surface area contributed by atoms with Gasteiger partial charge in [0.25, 0.3) is 5.91 Å². The molecule has 1 aliphatic heterocycles. The summed E-state index contributed by atoms with van der Waals surface area (Å²) in [7, 11) is 1.88. The van der Waals surface area contributed by atoms with Gasteiger partial charge in [-0.25, -0.2) is 4.79 Å². The highest BCUT2D eigenvalue weighted by molar-refractivity contribution is 7.99. The normalized spacial score (nSPS) is 17.3. The molecular weight excluding hydrogens is 300 g/mol. The fourth-order valence-corrected chi connectivity index (χ4v) is 4.11. The summed E-state index contributed by atoms with van der Waals surface area (Å²) >= 11 is 1.73. The van der Waals surface area contributed by atoms with Crippen molar-refractivity contribution in [3.8, 4) is 0 Å². The van der Waals surface area contributed by atoms with Crippen LogP contribution in [0.25, 0.3) is 10.9 Å². The van der Waals surface area contributed by atoms with Crippen molar-refractivity contribution in [3.63, 3.8) is 0 Å². The number of hydrogen-bond donors (Lipinski definition) is 2. The summed E-state index contributed by atoms with van der Waals surface area (Å²) in [5.74, 6) is 0.247. The van der Waals surface area contributed by atoms with Crippen LogP contribution < -0.4 is 5.32 Å². The predicted molar refractivity (Wildman–Crippen MR) is 87.3 cm³/mol. The van der Waals surface area contributed by atoms with Crippen LogP contribution in [0.15, 0.2) is 30.5 Å². The third kappa shape index (κ3) is 2.47. The maximum Gasteiger partial charge on any atom is 0.329 e. The highest BCUT2D eigenvalue weighted by Gasteiger charge is 2.41. The fourth-order valence-electron chi connectivity index (χ4n) is 2.92. The molecule has 0 atom stereocenters. The van der Waals surface area contributed by atoms with Gasteiger partial charge in [0.2, 0.25) is 0 Å². The number of rotatable bonds is 3. The van der Waals surface area contributed by atoms with Crippen LogP contribution in [0.3, 0.4) is 0 Å². The minimum Gasteiger partial charge on any atom is -0.480 e. The van der Waals surface area contributed by atoms with Gasteiger partial charge in [-0.1, -0.05) is 18.2 Å². The van der Waals surface area contributed by atoms with Gasteiger partial charge >= 0.3 is 5.97 Å². The molecule has 0 bridgehead atoms. The number of nitrogens with one attached hydrogen (secondary N) is 1. The number of para-hydroxylation sites is 1. The number of hydrogen-bond acceptors (Lipinski definition) is 3. The Balaban J connectivity index is 1.94. The average molecular weight is 318 g/mol. The van der Waals surface area contributed by atoms with Gasteiger partial charge in [-0.3, -0.25) is 4.79 Å². The molecule has 116 valence electrons. The van der Waals surface area contributed by atoms with Gasteiger partial charge in [-0.15, -0.1) is 0 Å². The third-order valence-electron chi connectivity index (χ3n) is 4.25. The van der Waals surface area contributed by atoms with E-state index >= 15 is 0 Å². The number of nitrogens with zero attached hydrogens (tertiary/aromatic N) is 1. The second kappa shape index (κ2) is 5.68. The summed E-state index contributed by atoms with van der Waals surface area (Å²) in [5, 5.41) is 13.2. The lowest BCUT2D eigenvalue weighted by Gasteiger charge is -2.33. The summed E-state index contributed by atoms with van der Waals surface area (Å²) in [5.41, 5.74) is 0.340. The van der Waals surface area contributed by atoms with E-state index in [-0.39, 0.29) is 5.91 Å². The molecule has 1 saturated heterocycles. The molecule has 2 aromatic rings. The van der Waals surface area contributed by atoms with Crippen LogP contribution in [0.4, 0.5) is 0 Å². The zero-order chi connectivity index (χ0) is 15.7. The lowest BCUT2D eigenvalue weighted by atomic mass is 9.92. The average Bonchev–Trinajstić information content (AvgIpc) is 2.86. The number of carbonyl (C=O) groups is 2. The van der Waals surface area contributed by atoms with Crippen molar-refractivity contribution in [1.82, 2.24) is 9.88 Å². The summed E-state index contributed by atoms with van der Waals surface area (Å²) in [6.45, 7) is 0. The lowest BCUT2D eigenvalue weighted by Crippen LogP contribution is -2.56. The molecule has 3 rings (SSSR count). The van der Waals surface area contributed by atoms with Crippen LogP contribution in [-0.4, -0.2) is 38.6 Å². The number of aromatic nitrogens is 1. The summed E-state index contributed by atoms with van der Waals surface area (Å²) in [4.78, 5) is 24.3. The van der Waals surface area contributed by atoms with E-state index in [1.165, 1.54) is 0 Å². The topological polar surface area (TPSA) is 71.3 Å². The van der Waals surface area contributed by atoms with E-state index < -0.39 is 11.5 Å². The van der Waals surface area contributed by atoms with Crippen molar-refractivity contribution in [2.75, 3.05) is 11.5 Å². The Bertz CT molecular complexity index is 732. The Labute approximate surface area is 132 Å². The minimum absolute atomic E-state index is 0.314. The van der Waals surface area contributed by atoms with E-state index in [2.05, 4.69) is 5.32 Å². The standard InChI is InChI=1S/C16H18N2O3S/c1-18-10-12(11-4-2-3-5-13(11)18)14(19)17-16(15(20)21)6-8-22-9-7-16/h2-5,10H,6-9H2,1H3,(H,17,19)(H,20,21). The van der Waals surface area contributed by atoms with E-state index in [9.17, 15) is 14.7 Å². The van der Waals surface area contributed by atoms with E-state index in [1.54, 1.807) is 18.0 Å². The molecule has 1 aromatic heterocycles. The first-order valence-electron chi connectivity index (χ1n) is 7.21. The molecule has 0 spiro atoms. The maximum absolute atomic E-state index is 12.7. The number of aliphatic carboxylic acids is 1. The molecule has 1 aromatic carbocycles. The first-order valence-corrected chi connectivity index (χ1v) is 8.37. The van der Waals surface area contributed by atoms with Gasteiger partial charge in [-0.2, -0.15) is 11.8 Å². The molecule has 1 aliphatic rings. The van der Waals surface area contributed by atoms with Gasteiger partial charge in [0, 0.05) is 24.1 Å². The minimum atomic E-state index is -1.14. The number of thioether (sulfide) groups is 1. The first-order chi connectivity index (χ1) is 10.5. The van der Waals surface area contributed by atoms with E-state index in [1.807, 2.05) is 35.9 Å². The number of carboxylic acid groups (broad SMARTS) is 1. The number of benzene rings is 1. The first kappa shape index (κ1) is 15.0. The van der Waals surface area contributed by atoms with Crippen molar-refractivity contribution >= 4 is 34.5 Å². The van der Waals surface area contributed by atoms with Crippen molar-refractivity contribution in [2.24, 2.45) is 7.05 Å². The van der Waals surface area contributed by atoms with Crippen LogP contribution >= 0.6 is 11.8 Å². The highest BCUT2D eigenvalue weighted by atomic mass is 32.2. The van der Waals surface area contributed by atoms with Crippen molar-refractivity contribution < 1.29 is 14.7 Å². The number of carbonyl (C=O) groups excluding carboxylic acids is 1. The monoisotopic (exact) mass is 318 g/mol. The molecular formula is C16H18N2O3S. The molecule has 0 radical (unpaired) electrons. The number of carboxylic acids is 1. The molecule has 0 saturated carbocycles. The van der Waals surface area contributed by atoms with Gasteiger partial charge in [0.1, 0.15) is 5.54 Å². The SMILES string of the molecule is Cn1cc(C(=O)NC2(C(=O)O)CCSCC2)c2ccccc21. The summed E-state index contributed by atoms with van der Waals surface area (Å²) in [6, 6.07) is 7.62. The second-order valence-corrected chi connectivity index (χ2v) is 6.85. The number of fused-ring (bicyclic) bond motifs is 1. The van der Waals surface area contributed by atoms with Gasteiger partial charge in [0.05, 0.1) is 5.56 Å². The summed E-state index contributed by atoms with van der Waals surface area (Å²) < 4.78 is 1.88. The van der Waals surface area contributed by atoms with Crippen molar-refractivity contribution in [3.05, 3.63) is 36.0 Å². The second-order valence-electron chi connectivity index (χ2n) is 5.62. The quantitative estimate of drug-likeness (QED) is 0.910. The van der Waals surface area contributed by atoms with Gasteiger partial charge in [0.15, 0.2) is 0 Å². The highest BCUT2D eigenvalue weighted by Crippen LogP contribution is 2.29. The van der Waals surface area contributed by atoms with Crippen molar-refractivity contribution in [1.29, 1.82) is 0 Å². The van der Waals surface area contributed by atoms with Crippen molar-refractivity contribution in [2.45, 2.75) is 18.4 Å². The molecule has 0 unspecified atom stereocenters. The molecule has 2 N–H and O–H groups in total. The van der Waals surface area contributed by atoms with Gasteiger partial charge < -0.3 is 15.0 Å². The van der Waals surface area contributed by atoms with Crippen LogP contribution in [0.2, 0.25) is 0 Å². The van der Waals surface area contributed by atoms with E-state index in [0.29, 0.717) is 18.4 Å². The fraction of sp³-hybridized carbons (Fsp3) is 0.375. The van der Waals surface area contributed by atoms with Crippen LogP contribution in [0, 0.1) is 0 Å². The molecule has 6 heteroatoms. The molecule has 22 heavy (non-hydrogen) atoms. The Morgan fingerprint density at radius 1 is 1.27 bits per heavy atom. The Morgan fingerprint density at radius 2 is 1.95 bits per heavy atom. The molecule has 1 amide bonds. The van der Waals surface area contributed by atoms with Crippen LogP contribution in [-0.2, 0) is 11.8 Å². The predicted octanol–water partition coefficient (Wildman–Crippen LogP) is 2.26. The maximum atomic E-state index is 12.7. The molecule has 0 aliphatic carbocycles. The summed E-state index contributed by atoms with van der Waals surface area (Å²) in [6.07, 6.45) is 2.68. The van der Waals surface area contributed by atoms with E-state index in [0.717, 1.165) is 22.4 Å².